The molecule has 1 aliphatic rings. The van der Waals surface area contributed by atoms with Gasteiger partial charge >= 0.3 is 0 Å². The fraction of sp³-hybridized carbons (Fsp3) is 0.286. The van der Waals surface area contributed by atoms with E-state index in [1.165, 1.54) is 0 Å². The zero-order chi connectivity index (χ0) is 18.4. The Morgan fingerprint density at radius 1 is 1.08 bits per heavy atom. The number of rotatable bonds is 7. The normalized spacial score (nSPS) is 22.5. The molecule has 5 nitrogen and oxygen atoms in total. The lowest BCUT2D eigenvalue weighted by Crippen LogP contribution is -2.37. The number of benzene rings is 2. The molecular formula is C21H21NO4. The van der Waals surface area contributed by atoms with Gasteiger partial charge in [-0.15, -0.1) is 0 Å². The molecule has 134 valence electrons. The number of nitrogens with zero attached hydrogens (tertiary/aromatic N) is 1. The second-order valence-electron chi connectivity index (χ2n) is 6.52. The Bertz CT molecular complexity index is 773. The monoisotopic (exact) mass is 351 g/mol. The molecule has 0 N–H and O–H groups in total. The van der Waals surface area contributed by atoms with Crippen molar-refractivity contribution in [1.29, 1.82) is 0 Å². The predicted molar refractivity (Wildman–Crippen MR) is 98.3 cm³/mol. The zero-order valence-corrected chi connectivity index (χ0v) is 14.4. The number of carbonyl (C=O) groups excluding carboxylic acids is 1. The summed E-state index contributed by atoms with van der Waals surface area (Å²) < 4.78 is 5.85. The smallest absolute Gasteiger partial charge is 0.224 e. The Morgan fingerprint density at radius 2 is 1.73 bits per heavy atom. The standard InChI is InChI=1S/C21H21NO4/c23-13-17-11-19(15-26-14-16-7-3-1-4-8-16)21(20(12-17)22(24)25)18-9-5-2-6-10-18/h1-11,13,19-21H,12,14-15H2. The lowest BCUT2D eigenvalue weighted by atomic mass is 9.74. The molecule has 5 heteroatoms. The molecule has 0 aliphatic heterocycles. The molecule has 0 saturated carbocycles. The van der Waals surface area contributed by atoms with Crippen LogP contribution in [-0.4, -0.2) is 23.9 Å². The van der Waals surface area contributed by atoms with Gasteiger partial charge in [-0.3, -0.25) is 14.9 Å². The number of hydrogen-bond donors (Lipinski definition) is 0. The average Bonchev–Trinajstić information content (AvgIpc) is 2.68. The maximum absolute atomic E-state index is 11.7. The van der Waals surface area contributed by atoms with Crippen LogP contribution in [0.3, 0.4) is 0 Å². The number of nitro groups is 1. The Hall–Kier alpha value is -2.79. The molecule has 0 amide bonds. The van der Waals surface area contributed by atoms with Crippen LogP contribution in [0.15, 0.2) is 72.3 Å². The summed E-state index contributed by atoms with van der Waals surface area (Å²) in [5, 5.41) is 11.7. The highest BCUT2D eigenvalue weighted by Gasteiger charge is 2.41. The van der Waals surface area contributed by atoms with E-state index in [0.29, 0.717) is 18.8 Å². The highest BCUT2D eigenvalue weighted by Crippen LogP contribution is 2.38. The molecule has 0 heterocycles. The number of ether oxygens (including phenoxy) is 1. The van der Waals surface area contributed by atoms with Crippen molar-refractivity contribution in [3.8, 4) is 0 Å². The van der Waals surface area contributed by atoms with Crippen molar-refractivity contribution in [3.63, 3.8) is 0 Å². The van der Waals surface area contributed by atoms with Crippen molar-refractivity contribution in [1.82, 2.24) is 0 Å². The van der Waals surface area contributed by atoms with Crippen LogP contribution in [0.25, 0.3) is 0 Å². The molecule has 3 unspecified atom stereocenters. The van der Waals surface area contributed by atoms with Crippen LogP contribution in [0.2, 0.25) is 0 Å². The maximum Gasteiger partial charge on any atom is 0.224 e. The highest BCUT2D eigenvalue weighted by molar-refractivity contribution is 5.73. The van der Waals surface area contributed by atoms with Crippen LogP contribution >= 0.6 is 0 Å². The average molecular weight is 351 g/mol. The van der Waals surface area contributed by atoms with Crippen LogP contribution in [-0.2, 0) is 16.1 Å². The van der Waals surface area contributed by atoms with Gasteiger partial charge in [0.05, 0.1) is 19.1 Å². The van der Waals surface area contributed by atoms with Gasteiger partial charge in [0.2, 0.25) is 6.04 Å². The van der Waals surface area contributed by atoms with Crippen LogP contribution in [0.5, 0.6) is 0 Å². The molecule has 2 aromatic rings. The largest absolute Gasteiger partial charge is 0.376 e. The van der Waals surface area contributed by atoms with Gasteiger partial charge < -0.3 is 4.74 Å². The zero-order valence-electron chi connectivity index (χ0n) is 14.4. The van der Waals surface area contributed by atoms with Crippen molar-refractivity contribution in [2.24, 2.45) is 5.92 Å². The summed E-state index contributed by atoms with van der Waals surface area (Å²) in [6.45, 7) is 0.766. The predicted octanol–water partition coefficient (Wildman–Crippen LogP) is 3.78. The molecule has 26 heavy (non-hydrogen) atoms. The van der Waals surface area contributed by atoms with Gasteiger partial charge in [0.15, 0.2) is 0 Å². The Balaban J connectivity index is 1.82. The first kappa shape index (κ1) is 18.0. The molecule has 0 spiro atoms. The quantitative estimate of drug-likeness (QED) is 0.432. The molecule has 0 aromatic heterocycles. The second kappa shape index (κ2) is 8.54. The molecule has 1 aliphatic carbocycles. The third kappa shape index (κ3) is 4.24. The van der Waals surface area contributed by atoms with E-state index in [-0.39, 0.29) is 23.2 Å². The third-order valence-electron chi connectivity index (χ3n) is 4.78. The number of hydrogen-bond acceptors (Lipinski definition) is 4. The molecule has 3 atom stereocenters. The summed E-state index contributed by atoms with van der Waals surface area (Å²) in [5.41, 5.74) is 2.43. The molecule has 3 rings (SSSR count). The van der Waals surface area contributed by atoms with E-state index in [0.717, 1.165) is 17.4 Å². The SMILES string of the molecule is O=CC1=CC(COCc2ccccc2)C(c2ccccc2)C([N+](=O)[O-])C1. The van der Waals surface area contributed by atoms with Crippen molar-refractivity contribution in [3.05, 3.63) is 93.6 Å². The van der Waals surface area contributed by atoms with E-state index in [1.807, 2.05) is 66.7 Å². The molecule has 0 bridgehead atoms. The minimum Gasteiger partial charge on any atom is -0.376 e. The van der Waals surface area contributed by atoms with Crippen molar-refractivity contribution < 1.29 is 14.5 Å². The molecule has 0 saturated heterocycles. The number of carbonyl (C=O) groups is 1. The van der Waals surface area contributed by atoms with E-state index in [4.69, 9.17) is 4.74 Å². The summed E-state index contributed by atoms with van der Waals surface area (Å²) >= 11 is 0. The number of aldehydes is 1. The van der Waals surface area contributed by atoms with Gasteiger partial charge in [0.25, 0.3) is 0 Å². The summed E-state index contributed by atoms with van der Waals surface area (Å²) in [6, 6.07) is 18.4. The van der Waals surface area contributed by atoms with Gasteiger partial charge in [-0.2, -0.15) is 0 Å². The third-order valence-corrected chi connectivity index (χ3v) is 4.78. The van der Waals surface area contributed by atoms with E-state index < -0.39 is 6.04 Å². The van der Waals surface area contributed by atoms with Crippen molar-refractivity contribution in [2.75, 3.05) is 6.61 Å². The van der Waals surface area contributed by atoms with Crippen molar-refractivity contribution in [2.45, 2.75) is 25.0 Å². The van der Waals surface area contributed by atoms with E-state index >= 15 is 0 Å². The highest BCUT2D eigenvalue weighted by atomic mass is 16.6. The van der Waals surface area contributed by atoms with Gasteiger partial charge in [-0.05, 0) is 16.7 Å². The second-order valence-corrected chi connectivity index (χ2v) is 6.52. The molecule has 2 aromatic carbocycles. The van der Waals surface area contributed by atoms with Gasteiger partial charge in [0.1, 0.15) is 6.29 Å². The fourth-order valence-corrected chi connectivity index (χ4v) is 3.58. The Labute approximate surface area is 152 Å². The molecule has 0 fully saturated rings. The summed E-state index contributed by atoms with van der Waals surface area (Å²) in [7, 11) is 0. The van der Waals surface area contributed by atoms with E-state index in [2.05, 4.69) is 0 Å². The van der Waals surface area contributed by atoms with Crippen molar-refractivity contribution >= 4 is 6.29 Å². The summed E-state index contributed by atoms with van der Waals surface area (Å²) in [6.07, 6.45) is 2.73. The molecular weight excluding hydrogens is 330 g/mol. The topological polar surface area (TPSA) is 69.4 Å². The van der Waals surface area contributed by atoms with E-state index in [9.17, 15) is 14.9 Å². The fourth-order valence-electron chi connectivity index (χ4n) is 3.58. The van der Waals surface area contributed by atoms with Gasteiger partial charge in [0, 0.05) is 17.3 Å². The van der Waals surface area contributed by atoms with Crippen LogP contribution < -0.4 is 0 Å². The first-order valence-electron chi connectivity index (χ1n) is 8.65. The minimum atomic E-state index is -0.826. The lowest BCUT2D eigenvalue weighted by molar-refractivity contribution is -0.528. The minimum absolute atomic E-state index is 0.158. The van der Waals surface area contributed by atoms with Gasteiger partial charge in [-0.1, -0.05) is 66.7 Å². The summed E-state index contributed by atoms with van der Waals surface area (Å²) in [4.78, 5) is 22.7. The lowest BCUT2D eigenvalue weighted by Gasteiger charge is -2.31. The first-order valence-corrected chi connectivity index (χ1v) is 8.65. The Kier molecular flexibility index (Phi) is 5.92. The first-order chi connectivity index (χ1) is 12.7. The van der Waals surface area contributed by atoms with Crippen LogP contribution in [0.4, 0.5) is 0 Å². The van der Waals surface area contributed by atoms with E-state index in [1.54, 1.807) is 0 Å². The van der Waals surface area contributed by atoms with Gasteiger partial charge in [-0.25, -0.2) is 0 Å². The Morgan fingerprint density at radius 3 is 2.35 bits per heavy atom. The van der Waals surface area contributed by atoms with Crippen LogP contribution in [0.1, 0.15) is 23.5 Å². The molecule has 0 radical (unpaired) electrons. The maximum atomic E-state index is 11.7. The summed E-state index contributed by atoms with van der Waals surface area (Å²) in [5.74, 6) is -0.531. The van der Waals surface area contributed by atoms with Crippen LogP contribution in [0, 0.1) is 16.0 Å².